The number of fused-ring (bicyclic) bond motifs is 3. The van der Waals surface area contributed by atoms with Crippen LogP contribution in [0.3, 0.4) is 0 Å². The van der Waals surface area contributed by atoms with Gasteiger partial charge in [0.2, 0.25) is 0 Å². The van der Waals surface area contributed by atoms with E-state index < -0.39 is 0 Å². The van der Waals surface area contributed by atoms with Gasteiger partial charge >= 0.3 is 0 Å². The van der Waals surface area contributed by atoms with Crippen molar-refractivity contribution < 1.29 is 19.1 Å². The van der Waals surface area contributed by atoms with E-state index in [2.05, 4.69) is 41.7 Å². The van der Waals surface area contributed by atoms with Gasteiger partial charge in [-0.1, -0.05) is 66.7 Å². The summed E-state index contributed by atoms with van der Waals surface area (Å²) in [6.07, 6.45) is 1.23. The van der Waals surface area contributed by atoms with Gasteiger partial charge in [-0.05, 0) is 64.9 Å². The molecular formula is C32H27NO4. The van der Waals surface area contributed by atoms with E-state index in [-0.39, 0.29) is 17.6 Å². The van der Waals surface area contributed by atoms with Gasteiger partial charge < -0.3 is 14.8 Å². The average Bonchev–Trinajstić information content (AvgIpc) is 2.93. The summed E-state index contributed by atoms with van der Waals surface area (Å²) in [5, 5.41) is 5.87. The Balaban J connectivity index is 1.55. The molecule has 1 N–H and O–H groups in total. The van der Waals surface area contributed by atoms with E-state index in [1.165, 1.54) is 5.56 Å². The lowest BCUT2D eigenvalue weighted by Crippen LogP contribution is -2.30. The van der Waals surface area contributed by atoms with Crippen LogP contribution in [0.15, 0.2) is 96.2 Å². The molecule has 6 rings (SSSR count). The molecule has 1 aliphatic heterocycles. The first-order valence-electron chi connectivity index (χ1n) is 12.6. The van der Waals surface area contributed by atoms with Gasteiger partial charge in [0.05, 0.1) is 6.61 Å². The Labute approximate surface area is 215 Å². The third-order valence-corrected chi connectivity index (χ3v) is 7.39. The fourth-order valence-electron chi connectivity index (χ4n) is 5.82. The fraction of sp³-hybridized carbons (Fsp3) is 0.188. The van der Waals surface area contributed by atoms with Gasteiger partial charge in [0.15, 0.2) is 17.3 Å². The van der Waals surface area contributed by atoms with Gasteiger partial charge in [0, 0.05) is 29.3 Å². The number of allylic oxidation sites excluding steroid dienone is 2. The number of Topliss-reactive ketones (excluding diaryl/α,β-unsaturated/α-hetero) is 1. The van der Waals surface area contributed by atoms with Crippen molar-refractivity contribution in [1.82, 2.24) is 0 Å². The highest BCUT2D eigenvalue weighted by Crippen LogP contribution is 2.51. The zero-order chi connectivity index (χ0) is 25.4. The minimum Gasteiger partial charge on any atom is -0.490 e. The third kappa shape index (κ3) is 4.06. The zero-order valence-electron chi connectivity index (χ0n) is 20.6. The van der Waals surface area contributed by atoms with Gasteiger partial charge in [0.25, 0.3) is 6.47 Å². The first kappa shape index (κ1) is 23.0. The molecule has 4 aromatic rings. The second-order valence-corrected chi connectivity index (χ2v) is 9.49. The summed E-state index contributed by atoms with van der Waals surface area (Å²) in [6.45, 7) is 2.72. The minimum atomic E-state index is -0.272. The Hall–Kier alpha value is -4.38. The molecule has 0 fully saturated rings. The Morgan fingerprint density at radius 3 is 2.51 bits per heavy atom. The number of carbonyl (C=O) groups excluding carboxylic acids is 2. The van der Waals surface area contributed by atoms with Crippen molar-refractivity contribution in [2.45, 2.75) is 31.6 Å². The van der Waals surface area contributed by atoms with Crippen LogP contribution in [0.5, 0.6) is 11.5 Å². The topological polar surface area (TPSA) is 64.6 Å². The standard InChI is InChI=1S/C32H27NO4/c1-2-36-29-18-22(13-15-28(29)37-19-34)30-31-24-11-7-6-10-21(24)12-14-25(31)33-26-16-23(17-27(35)32(26)30)20-8-4-3-5-9-20/h3-15,18-19,23,30,33H,2,16-17H2,1H3. The molecule has 2 unspecified atom stereocenters. The molecule has 0 saturated carbocycles. The summed E-state index contributed by atoms with van der Waals surface area (Å²) in [6, 6.07) is 28.4. The number of carbonyl (C=O) groups is 2. The van der Waals surface area contributed by atoms with Crippen molar-refractivity contribution in [3.63, 3.8) is 0 Å². The van der Waals surface area contributed by atoms with Crippen LogP contribution in [-0.2, 0) is 9.59 Å². The lowest BCUT2D eigenvalue weighted by Gasteiger charge is -2.37. The van der Waals surface area contributed by atoms with Crippen molar-refractivity contribution in [3.05, 3.63) is 113 Å². The number of nitrogens with one attached hydrogen (secondary N) is 1. The smallest absolute Gasteiger partial charge is 0.298 e. The highest BCUT2D eigenvalue weighted by Gasteiger charge is 2.39. The summed E-state index contributed by atoms with van der Waals surface area (Å²) >= 11 is 0. The molecule has 2 atom stereocenters. The van der Waals surface area contributed by atoms with Crippen LogP contribution in [-0.4, -0.2) is 18.9 Å². The molecule has 0 spiro atoms. The van der Waals surface area contributed by atoms with Crippen LogP contribution in [0.1, 0.15) is 48.3 Å². The average molecular weight is 490 g/mol. The number of hydrogen-bond donors (Lipinski definition) is 1. The fourth-order valence-corrected chi connectivity index (χ4v) is 5.82. The first-order valence-corrected chi connectivity index (χ1v) is 12.6. The van der Waals surface area contributed by atoms with Crippen LogP contribution in [0.4, 0.5) is 5.69 Å². The Kier molecular flexibility index (Phi) is 5.97. The van der Waals surface area contributed by atoms with Crippen LogP contribution < -0.4 is 14.8 Å². The second-order valence-electron chi connectivity index (χ2n) is 9.49. The first-order chi connectivity index (χ1) is 18.2. The maximum atomic E-state index is 13.9. The van der Waals surface area contributed by atoms with Crippen LogP contribution in [0.2, 0.25) is 0 Å². The number of ketones is 1. The van der Waals surface area contributed by atoms with E-state index in [1.807, 2.05) is 49.4 Å². The molecule has 2 aliphatic rings. The third-order valence-electron chi connectivity index (χ3n) is 7.39. The predicted molar refractivity (Wildman–Crippen MR) is 144 cm³/mol. The van der Waals surface area contributed by atoms with Crippen LogP contribution in [0, 0.1) is 0 Å². The molecule has 5 nitrogen and oxygen atoms in total. The van der Waals surface area contributed by atoms with Crippen molar-refractivity contribution in [2.75, 3.05) is 11.9 Å². The monoisotopic (exact) mass is 489 g/mol. The van der Waals surface area contributed by atoms with Gasteiger partial charge in [0.1, 0.15) is 0 Å². The maximum Gasteiger partial charge on any atom is 0.298 e. The van der Waals surface area contributed by atoms with Crippen molar-refractivity contribution >= 4 is 28.7 Å². The molecule has 0 radical (unpaired) electrons. The Bertz CT molecular complexity index is 1540. The predicted octanol–water partition coefficient (Wildman–Crippen LogP) is 6.73. The van der Waals surface area contributed by atoms with Gasteiger partial charge in [-0.15, -0.1) is 0 Å². The van der Waals surface area contributed by atoms with Crippen molar-refractivity contribution in [1.29, 1.82) is 0 Å². The Morgan fingerprint density at radius 1 is 0.892 bits per heavy atom. The maximum absolute atomic E-state index is 13.9. The summed E-state index contributed by atoms with van der Waals surface area (Å²) in [5.41, 5.74) is 5.98. The zero-order valence-corrected chi connectivity index (χ0v) is 20.6. The van der Waals surface area contributed by atoms with Crippen LogP contribution in [0.25, 0.3) is 10.8 Å². The number of ether oxygens (including phenoxy) is 2. The van der Waals surface area contributed by atoms with E-state index in [1.54, 1.807) is 6.07 Å². The molecule has 4 aromatic carbocycles. The molecule has 184 valence electrons. The molecule has 0 saturated heterocycles. The quantitative estimate of drug-likeness (QED) is 0.304. The second kappa shape index (κ2) is 9.58. The van der Waals surface area contributed by atoms with E-state index >= 15 is 0 Å². The highest BCUT2D eigenvalue weighted by molar-refractivity contribution is 6.04. The Morgan fingerprint density at radius 2 is 1.70 bits per heavy atom. The van der Waals surface area contributed by atoms with Gasteiger partial charge in [-0.3, -0.25) is 9.59 Å². The highest BCUT2D eigenvalue weighted by atomic mass is 16.5. The van der Waals surface area contributed by atoms with Crippen LogP contribution >= 0.6 is 0 Å². The summed E-state index contributed by atoms with van der Waals surface area (Å²) < 4.78 is 11.0. The van der Waals surface area contributed by atoms with E-state index in [0.717, 1.165) is 45.3 Å². The van der Waals surface area contributed by atoms with Gasteiger partial charge in [-0.25, -0.2) is 0 Å². The van der Waals surface area contributed by atoms with E-state index in [9.17, 15) is 9.59 Å². The number of rotatable bonds is 6. The van der Waals surface area contributed by atoms with Crippen molar-refractivity contribution in [2.24, 2.45) is 0 Å². The molecule has 0 amide bonds. The number of benzene rings is 4. The summed E-state index contributed by atoms with van der Waals surface area (Å²) in [4.78, 5) is 25.0. The largest absolute Gasteiger partial charge is 0.490 e. The molecule has 0 aromatic heterocycles. The van der Waals surface area contributed by atoms with E-state index in [4.69, 9.17) is 9.47 Å². The molecule has 1 heterocycles. The number of hydrogen-bond acceptors (Lipinski definition) is 5. The molecule has 0 bridgehead atoms. The summed E-state index contributed by atoms with van der Waals surface area (Å²) in [5.74, 6) is 0.856. The molecule has 1 aliphatic carbocycles. The lowest BCUT2D eigenvalue weighted by molar-refractivity contribution is -0.121. The molecular weight excluding hydrogens is 462 g/mol. The number of anilines is 1. The minimum absolute atomic E-state index is 0.130. The van der Waals surface area contributed by atoms with Gasteiger partial charge in [-0.2, -0.15) is 0 Å². The lowest BCUT2D eigenvalue weighted by atomic mass is 9.71. The van der Waals surface area contributed by atoms with Crippen molar-refractivity contribution in [3.8, 4) is 11.5 Å². The molecule has 37 heavy (non-hydrogen) atoms. The summed E-state index contributed by atoms with van der Waals surface area (Å²) in [7, 11) is 0. The molecule has 5 heteroatoms. The van der Waals surface area contributed by atoms with E-state index in [0.29, 0.717) is 31.0 Å². The normalized spacial score (nSPS) is 18.6. The SMILES string of the molecule is CCOc1cc(C2C3=C(CC(c4ccccc4)CC3=O)Nc3ccc4ccccc4c32)ccc1OC=O.